The predicted molar refractivity (Wildman–Crippen MR) is 242 cm³/mol. The Morgan fingerprint density at radius 2 is 0.684 bits per heavy atom. The first-order chi connectivity index (χ1) is 28.0. The molecule has 0 aromatic rings. The van der Waals surface area contributed by atoms with Crippen molar-refractivity contribution in [3.63, 3.8) is 0 Å². The van der Waals surface area contributed by atoms with Crippen molar-refractivity contribution in [2.75, 3.05) is 13.2 Å². The van der Waals surface area contributed by atoms with Gasteiger partial charge in [-0.25, -0.2) is 0 Å². The Balaban J connectivity index is 4.33. The summed E-state index contributed by atoms with van der Waals surface area (Å²) in [7, 11) is 0. The van der Waals surface area contributed by atoms with Crippen molar-refractivity contribution in [3.8, 4) is 0 Å². The fraction of sp³-hybridized carbons (Fsp3) is 0.627. The first kappa shape index (κ1) is 53.3. The van der Waals surface area contributed by atoms with Crippen LogP contribution in [0, 0.1) is 0 Å². The van der Waals surface area contributed by atoms with Gasteiger partial charge in [0.15, 0.2) is 6.10 Å². The van der Waals surface area contributed by atoms with Gasteiger partial charge in [0, 0.05) is 19.3 Å². The molecule has 0 aliphatic carbocycles. The van der Waals surface area contributed by atoms with Gasteiger partial charge in [-0.05, 0) is 96.3 Å². The summed E-state index contributed by atoms with van der Waals surface area (Å²) in [6.45, 7) is 6.25. The van der Waals surface area contributed by atoms with Crippen molar-refractivity contribution < 1.29 is 28.6 Å². The summed E-state index contributed by atoms with van der Waals surface area (Å²) < 4.78 is 16.6. The lowest BCUT2D eigenvalue weighted by Crippen LogP contribution is -2.30. The molecule has 0 heterocycles. The molecular weight excluding hydrogens is 709 g/mol. The molecule has 0 N–H and O–H groups in total. The smallest absolute Gasteiger partial charge is 0.306 e. The molecule has 0 radical (unpaired) electrons. The van der Waals surface area contributed by atoms with Gasteiger partial charge >= 0.3 is 17.9 Å². The molecule has 0 saturated carbocycles. The molecule has 0 aromatic carbocycles. The van der Waals surface area contributed by atoms with E-state index in [0.717, 1.165) is 148 Å². The second-order valence-corrected chi connectivity index (χ2v) is 14.5. The van der Waals surface area contributed by atoms with Crippen molar-refractivity contribution in [1.29, 1.82) is 0 Å². The van der Waals surface area contributed by atoms with Gasteiger partial charge in [-0.2, -0.15) is 0 Å². The third-order valence-corrected chi connectivity index (χ3v) is 9.08. The molecule has 0 aliphatic heterocycles. The Hall–Kier alpha value is -3.67. The first-order valence-electron chi connectivity index (χ1n) is 22.7. The number of rotatable bonds is 39. The van der Waals surface area contributed by atoms with E-state index in [4.69, 9.17) is 14.2 Å². The second-order valence-electron chi connectivity index (χ2n) is 14.5. The van der Waals surface area contributed by atoms with Crippen molar-refractivity contribution >= 4 is 17.9 Å². The minimum atomic E-state index is -0.796. The molecule has 0 aliphatic rings. The Bertz CT molecular complexity index is 1180. The lowest BCUT2D eigenvalue weighted by molar-refractivity contribution is -0.167. The summed E-state index contributed by atoms with van der Waals surface area (Å²) in [5.74, 6) is -0.972. The zero-order chi connectivity index (χ0) is 41.5. The van der Waals surface area contributed by atoms with E-state index in [1.54, 1.807) is 0 Å². The Labute approximate surface area is 349 Å². The molecule has 322 valence electrons. The van der Waals surface area contributed by atoms with Gasteiger partial charge in [0.05, 0.1) is 0 Å². The van der Waals surface area contributed by atoms with Gasteiger partial charge in [-0.1, -0.05) is 169 Å². The molecule has 6 heteroatoms. The van der Waals surface area contributed by atoms with E-state index >= 15 is 0 Å². The van der Waals surface area contributed by atoms with Gasteiger partial charge in [0.2, 0.25) is 0 Å². The van der Waals surface area contributed by atoms with Gasteiger partial charge in [-0.15, -0.1) is 0 Å². The predicted octanol–water partition coefficient (Wildman–Crippen LogP) is 14.6. The van der Waals surface area contributed by atoms with Gasteiger partial charge in [0.1, 0.15) is 13.2 Å². The zero-order valence-electron chi connectivity index (χ0n) is 36.6. The number of hydrogen-bond acceptors (Lipinski definition) is 6. The van der Waals surface area contributed by atoms with Crippen LogP contribution >= 0.6 is 0 Å². The van der Waals surface area contributed by atoms with E-state index in [2.05, 4.69) is 118 Å². The molecule has 0 aromatic heterocycles. The maximum atomic E-state index is 12.7. The molecule has 1 unspecified atom stereocenters. The molecule has 0 fully saturated rings. The Morgan fingerprint density at radius 1 is 0.368 bits per heavy atom. The van der Waals surface area contributed by atoms with Crippen LogP contribution in [0.1, 0.15) is 188 Å². The standard InChI is InChI=1S/C51H82O6/c1-4-7-10-13-15-17-19-21-23-24-25-26-28-29-31-33-35-38-41-44-50(53)56-47-48(46-55-49(52)43-40-37-12-9-6-3)57-51(54)45-42-39-36-34-32-30-27-22-20-18-16-14-11-8-5-2/h7-8,10-11,15-18,21-23,25-27,29,31,48H,4-6,9,12-14,19-20,24,28,30,32-47H2,1-3H3/b10-7-,11-8-,17-15-,18-16-,23-21-,26-25-,27-22-,31-29-. The molecular formula is C51H82O6. The fourth-order valence-electron chi connectivity index (χ4n) is 5.72. The highest BCUT2D eigenvalue weighted by Gasteiger charge is 2.19. The van der Waals surface area contributed by atoms with Crippen LogP contribution in [0.3, 0.4) is 0 Å². The Kier molecular flexibility index (Phi) is 42.1. The summed E-state index contributed by atoms with van der Waals surface area (Å²) >= 11 is 0. The van der Waals surface area contributed by atoms with Gasteiger partial charge in [-0.3, -0.25) is 14.4 Å². The van der Waals surface area contributed by atoms with Crippen molar-refractivity contribution in [2.24, 2.45) is 0 Å². The van der Waals surface area contributed by atoms with Crippen LogP contribution in [0.25, 0.3) is 0 Å². The number of allylic oxidation sites excluding steroid dienone is 16. The maximum Gasteiger partial charge on any atom is 0.306 e. The number of ether oxygens (including phenoxy) is 3. The second kappa shape index (κ2) is 45.0. The summed E-state index contributed by atoms with van der Waals surface area (Å²) in [6.07, 6.45) is 58.5. The van der Waals surface area contributed by atoms with Gasteiger partial charge in [0.25, 0.3) is 0 Å². The average molecular weight is 791 g/mol. The molecule has 0 bridgehead atoms. The van der Waals surface area contributed by atoms with Crippen LogP contribution in [-0.4, -0.2) is 37.2 Å². The van der Waals surface area contributed by atoms with Crippen LogP contribution in [0.2, 0.25) is 0 Å². The van der Waals surface area contributed by atoms with Crippen LogP contribution in [-0.2, 0) is 28.6 Å². The van der Waals surface area contributed by atoms with E-state index in [9.17, 15) is 14.4 Å². The van der Waals surface area contributed by atoms with E-state index in [1.165, 1.54) is 0 Å². The highest BCUT2D eigenvalue weighted by Crippen LogP contribution is 2.12. The fourth-order valence-corrected chi connectivity index (χ4v) is 5.72. The molecule has 0 amide bonds. The van der Waals surface area contributed by atoms with Crippen molar-refractivity contribution in [2.45, 2.75) is 194 Å². The Morgan fingerprint density at radius 3 is 1.09 bits per heavy atom. The van der Waals surface area contributed by atoms with E-state index in [0.29, 0.717) is 19.3 Å². The summed E-state index contributed by atoms with van der Waals surface area (Å²) in [4.78, 5) is 37.5. The highest BCUT2D eigenvalue weighted by atomic mass is 16.6. The minimum absolute atomic E-state index is 0.0979. The number of carbonyl (C=O) groups excluding carboxylic acids is 3. The number of esters is 3. The van der Waals surface area contributed by atoms with Crippen molar-refractivity contribution in [1.82, 2.24) is 0 Å². The van der Waals surface area contributed by atoms with E-state index in [1.807, 2.05) is 0 Å². The minimum Gasteiger partial charge on any atom is -0.462 e. The van der Waals surface area contributed by atoms with Crippen LogP contribution in [0.4, 0.5) is 0 Å². The molecule has 6 nitrogen and oxygen atoms in total. The zero-order valence-corrected chi connectivity index (χ0v) is 36.6. The SMILES string of the molecule is CC/C=C\C/C=C\C/C=C\C/C=C\C/C=C\CCCCCC(=O)OCC(COC(=O)CCCCCCC)OC(=O)CCCCCCC/C=C\C/C=C\C/C=C\CC. The monoisotopic (exact) mass is 791 g/mol. The lowest BCUT2D eigenvalue weighted by atomic mass is 10.1. The molecule has 0 spiro atoms. The quantitative estimate of drug-likeness (QED) is 0.0267. The summed E-state index contributed by atoms with van der Waals surface area (Å²) in [6, 6.07) is 0. The molecule has 0 rings (SSSR count). The number of unbranched alkanes of at least 4 members (excludes halogenated alkanes) is 12. The van der Waals surface area contributed by atoms with Gasteiger partial charge < -0.3 is 14.2 Å². The van der Waals surface area contributed by atoms with Crippen LogP contribution in [0.5, 0.6) is 0 Å². The van der Waals surface area contributed by atoms with Crippen molar-refractivity contribution in [3.05, 3.63) is 97.2 Å². The third-order valence-electron chi connectivity index (χ3n) is 9.08. The summed E-state index contributed by atoms with van der Waals surface area (Å²) in [5, 5.41) is 0. The van der Waals surface area contributed by atoms with E-state index in [-0.39, 0.29) is 31.1 Å². The first-order valence-corrected chi connectivity index (χ1v) is 22.7. The maximum absolute atomic E-state index is 12.7. The third kappa shape index (κ3) is 43.3. The molecule has 57 heavy (non-hydrogen) atoms. The highest BCUT2D eigenvalue weighted by molar-refractivity contribution is 5.71. The van der Waals surface area contributed by atoms with Crippen LogP contribution < -0.4 is 0 Å². The van der Waals surface area contributed by atoms with Crippen LogP contribution in [0.15, 0.2) is 97.2 Å². The number of hydrogen-bond donors (Lipinski definition) is 0. The normalized spacial score (nSPS) is 13.0. The topological polar surface area (TPSA) is 78.9 Å². The summed E-state index contributed by atoms with van der Waals surface area (Å²) in [5.41, 5.74) is 0. The number of carbonyl (C=O) groups is 3. The van der Waals surface area contributed by atoms with E-state index < -0.39 is 6.10 Å². The molecule has 0 saturated heterocycles. The lowest BCUT2D eigenvalue weighted by Gasteiger charge is -2.18. The largest absolute Gasteiger partial charge is 0.462 e. The molecule has 1 atom stereocenters. The average Bonchev–Trinajstić information content (AvgIpc) is 3.21.